The number of carbonyl (C=O) groups is 2. The fourth-order valence-electron chi connectivity index (χ4n) is 4.30. The Balaban J connectivity index is 1.77. The van der Waals surface area contributed by atoms with Crippen LogP contribution in [0.4, 0.5) is 0 Å². The first kappa shape index (κ1) is 25.0. The molecule has 1 saturated heterocycles. The number of hydrogen-bond acceptors (Lipinski definition) is 9. The summed E-state index contributed by atoms with van der Waals surface area (Å²) in [6.07, 6.45) is 0.456. The van der Waals surface area contributed by atoms with Gasteiger partial charge in [0.15, 0.2) is 5.76 Å². The quantitative estimate of drug-likeness (QED) is 0.346. The zero-order chi connectivity index (χ0) is 25.8. The molecule has 4 rings (SSSR count). The molecule has 1 aliphatic rings. The van der Waals surface area contributed by atoms with Crippen molar-refractivity contribution in [1.82, 2.24) is 14.8 Å². The van der Waals surface area contributed by atoms with Gasteiger partial charge in [-0.15, -0.1) is 0 Å². The number of pyridine rings is 1. The third kappa shape index (κ3) is 5.25. The van der Waals surface area contributed by atoms with Crippen LogP contribution in [0, 0.1) is 0 Å². The first-order valence-corrected chi connectivity index (χ1v) is 11.4. The third-order valence-electron chi connectivity index (χ3n) is 6.31. The average molecular weight is 498 g/mol. The lowest BCUT2D eigenvalue weighted by Crippen LogP contribution is -2.45. The van der Waals surface area contributed by atoms with E-state index >= 15 is 0 Å². The zero-order valence-corrected chi connectivity index (χ0v) is 20.0. The average Bonchev–Trinajstić information content (AvgIpc) is 2.89. The number of nitrogens with one attached hydrogen (secondary N) is 1. The molecule has 11 nitrogen and oxygen atoms in total. The summed E-state index contributed by atoms with van der Waals surface area (Å²) in [5.41, 5.74) is -0.517. The number of amides is 1. The van der Waals surface area contributed by atoms with Crippen LogP contribution in [0.1, 0.15) is 29.4 Å². The molecule has 2 aromatic heterocycles. The number of nitrogens with zero attached hydrogens (tertiary/aromatic N) is 2. The minimum atomic E-state index is -1.09. The second-order valence-corrected chi connectivity index (χ2v) is 8.55. The van der Waals surface area contributed by atoms with Gasteiger partial charge in [0.25, 0.3) is 5.56 Å². The molecule has 1 aromatic carbocycles. The smallest absolute Gasteiger partial charge is 0.306 e. The molecule has 3 aromatic rings. The van der Waals surface area contributed by atoms with Crippen molar-refractivity contribution in [3.8, 4) is 11.5 Å². The summed E-state index contributed by atoms with van der Waals surface area (Å²) in [4.78, 5) is 55.4. The maximum absolute atomic E-state index is 13.0. The predicted octanol–water partition coefficient (Wildman–Crippen LogP) is 1.16. The van der Waals surface area contributed by atoms with Gasteiger partial charge >= 0.3 is 5.97 Å². The van der Waals surface area contributed by atoms with E-state index in [-0.39, 0.29) is 30.0 Å². The van der Waals surface area contributed by atoms with Gasteiger partial charge in [0, 0.05) is 48.7 Å². The van der Waals surface area contributed by atoms with Crippen LogP contribution in [0.2, 0.25) is 0 Å². The van der Waals surface area contributed by atoms with Gasteiger partial charge in [-0.1, -0.05) is 0 Å². The lowest BCUT2D eigenvalue weighted by molar-refractivity contribution is -0.141. The SMILES string of the molecule is COC(=O)CC(c1oc(CN2CCN(C=O)CC2)cc(=O)c1O)c1cc2cc(OC)ccc2[nH]c1=O. The van der Waals surface area contributed by atoms with Crippen molar-refractivity contribution in [1.29, 1.82) is 0 Å². The number of hydrogen-bond donors (Lipinski definition) is 2. The summed E-state index contributed by atoms with van der Waals surface area (Å²) in [7, 11) is 2.73. The van der Waals surface area contributed by atoms with Crippen LogP contribution in [0.3, 0.4) is 0 Å². The molecule has 11 heteroatoms. The Morgan fingerprint density at radius 2 is 1.92 bits per heavy atom. The van der Waals surface area contributed by atoms with E-state index in [1.54, 1.807) is 29.2 Å². The summed E-state index contributed by atoms with van der Waals surface area (Å²) in [5, 5.41) is 11.3. The number of rotatable bonds is 8. The van der Waals surface area contributed by atoms with Gasteiger partial charge in [-0.25, -0.2) is 0 Å². The van der Waals surface area contributed by atoms with Crippen molar-refractivity contribution in [2.45, 2.75) is 18.9 Å². The molecule has 1 aliphatic heterocycles. The number of aromatic hydroxyl groups is 1. The summed E-state index contributed by atoms with van der Waals surface area (Å²) in [6.45, 7) is 2.50. The van der Waals surface area contributed by atoms with Gasteiger partial charge in [-0.3, -0.25) is 24.1 Å². The minimum Gasteiger partial charge on any atom is -0.502 e. The molecule has 1 fully saturated rings. The van der Waals surface area contributed by atoms with Gasteiger partial charge < -0.3 is 28.9 Å². The van der Waals surface area contributed by atoms with Crippen molar-refractivity contribution in [2.24, 2.45) is 0 Å². The number of benzene rings is 1. The summed E-state index contributed by atoms with van der Waals surface area (Å²) < 4.78 is 16.0. The molecule has 2 N–H and O–H groups in total. The van der Waals surface area contributed by atoms with Gasteiger partial charge in [0.2, 0.25) is 17.6 Å². The highest BCUT2D eigenvalue weighted by molar-refractivity contribution is 5.81. The number of esters is 1. The van der Waals surface area contributed by atoms with Gasteiger partial charge in [-0.05, 0) is 24.3 Å². The fraction of sp³-hybridized carbons (Fsp3) is 0.360. The van der Waals surface area contributed by atoms with E-state index in [9.17, 15) is 24.3 Å². The maximum atomic E-state index is 13.0. The first-order chi connectivity index (χ1) is 17.3. The molecule has 0 bridgehead atoms. The van der Waals surface area contributed by atoms with E-state index in [4.69, 9.17) is 13.9 Å². The molecular formula is C25H27N3O8. The number of aromatic amines is 1. The Hall–Kier alpha value is -4.12. The van der Waals surface area contributed by atoms with E-state index < -0.39 is 28.6 Å². The number of H-pyrrole nitrogens is 1. The summed E-state index contributed by atoms with van der Waals surface area (Å²) in [6, 6.07) is 7.88. The third-order valence-corrected chi connectivity index (χ3v) is 6.31. The molecule has 1 amide bonds. The number of aromatic nitrogens is 1. The Labute approximate surface area is 205 Å². The number of ether oxygens (including phenoxy) is 2. The maximum Gasteiger partial charge on any atom is 0.306 e. The van der Waals surface area contributed by atoms with Crippen LogP contribution >= 0.6 is 0 Å². The molecule has 190 valence electrons. The first-order valence-electron chi connectivity index (χ1n) is 11.4. The van der Waals surface area contributed by atoms with E-state index in [2.05, 4.69) is 4.98 Å². The molecule has 36 heavy (non-hydrogen) atoms. The zero-order valence-electron chi connectivity index (χ0n) is 20.0. The Morgan fingerprint density at radius 3 is 2.58 bits per heavy atom. The number of piperazine rings is 1. The second-order valence-electron chi connectivity index (χ2n) is 8.55. The van der Waals surface area contributed by atoms with Crippen molar-refractivity contribution in [2.75, 3.05) is 40.4 Å². The molecule has 1 unspecified atom stereocenters. The molecule has 0 aliphatic carbocycles. The Bertz CT molecular complexity index is 1390. The highest BCUT2D eigenvalue weighted by Crippen LogP contribution is 2.33. The van der Waals surface area contributed by atoms with Crippen LogP contribution in [0.5, 0.6) is 11.5 Å². The molecule has 1 atom stereocenters. The number of fused-ring (bicyclic) bond motifs is 1. The van der Waals surface area contributed by atoms with Crippen molar-refractivity contribution >= 4 is 23.3 Å². The highest BCUT2D eigenvalue weighted by atomic mass is 16.5. The predicted molar refractivity (Wildman–Crippen MR) is 129 cm³/mol. The lowest BCUT2D eigenvalue weighted by atomic mass is 9.92. The van der Waals surface area contributed by atoms with Crippen LogP contribution in [0.15, 0.2) is 44.3 Å². The highest BCUT2D eigenvalue weighted by Gasteiger charge is 2.29. The molecule has 3 heterocycles. The van der Waals surface area contributed by atoms with Crippen molar-refractivity contribution in [3.63, 3.8) is 0 Å². The van der Waals surface area contributed by atoms with E-state index in [1.165, 1.54) is 20.3 Å². The molecular weight excluding hydrogens is 470 g/mol. The van der Waals surface area contributed by atoms with Crippen LogP contribution in [0.25, 0.3) is 10.9 Å². The molecule has 0 radical (unpaired) electrons. The Morgan fingerprint density at radius 1 is 1.17 bits per heavy atom. The van der Waals surface area contributed by atoms with Gasteiger partial charge in [0.05, 0.1) is 33.1 Å². The van der Waals surface area contributed by atoms with Crippen molar-refractivity contribution < 1.29 is 28.6 Å². The largest absolute Gasteiger partial charge is 0.502 e. The van der Waals surface area contributed by atoms with Crippen LogP contribution in [-0.2, 0) is 20.9 Å². The fourth-order valence-corrected chi connectivity index (χ4v) is 4.30. The molecule has 0 saturated carbocycles. The van der Waals surface area contributed by atoms with Crippen molar-refractivity contribution in [3.05, 3.63) is 68.0 Å². The number of carbonyl (C=O) groups excluding carboxylic acids is 2. The van der Waals surface area contributed by atoms with E-state index in [0.717, 1.165) is 6.41 Å². The van der Waals surface area contributed by atoms with Crippen LogP contribution < -0.4 is 15.7 Å². The summed E-state index contributed by atoms with van der Waals surface area (Å²) >= 11 is 0. The topological polar surface area (TPSA) is 142 Å². The summed E-state index contributed by atoms with van der Waals surface area (Å²) in [5.74, 6) is -1.78. The normalized spacial score (nSPS) is 15.0. The number of methoxy groups -OCH3 is 2. The minimum absolute atomic E-state index is 0.122. The standard InChI is InChI=1S/C25H27N3O8/c1-34-16-3-4-20-15(9-16)10-19(25(33)26-20)18(12-22(31)35-2)24-23(32)21(30)11-17(36-24)13-27-5-7-28(14-29)8-6-27/h3-4,9-11,14,18,32H,5-8,12-13H2,1-2H3,(H,26,33). The second kappa shape index (κ2) is 10.6. The van der Waals surface area contributed by atoms with Gasteiger partial charge in [-0.2, -0.15) is 0 Å². The molecule has 0 spiro atoms. The van der Waals surface area contributed by atoms with E-state index in [0.29, 0.717) is 42.8 Å². The van der Waals surface area contributed by atoms with Crippen LogP contribution in [-0.4, -0.2) is 72.7 Å². The Kier molecular flexibility index (Phi) is 7.39. The lowest BCUT2D eigenvalue weighted by Gasteiger charge is -2.32. The van der Waals surface area contributed by atoms with Gasteiger partial charge in [0.1, 0.15) is 11.5 Å². The monoisotopic (exact) mass is 497 g/mol. The van der Waals surface area contributed by atoms with E-state index in [1.807, 2.05) is 4.90 Å².